The molecule has 58 valence electrons. The van der Waals surface area contributed by atoms with E-state index in [4.69, 9.17) is 5.73 Å². The summed E-state index contributed by atoms with van der Waals surface area (Å²) in [6.07, 6.45) is 3.52. The van der Waals surface area contributed by atoms with Crippen molar-refractivity contribution in [1.29, 1.82) is 0 Å². The summed E-state index contributed by atoms with van der Waals surface area (Å²) in [7, 11) is 0. The van der Waals surface area contributed by atoms with Crippen LogP contribution in [0.5, 0.6) is 0 Å². The Morgan fingerprint density at radius 3 is 2.64 bits per heavy atom. The van der Waals surface area contributed by atoms with Crippen LogP contribution in [0.1, 0.15) is 0 Å². The molecule has 2 heteroatoms. The number of hydrogen-bond donors (Lipinski definition) is 1. The third-order valence-electron chi connectivity index (χ3n) is 1.23. The molecule has 0 aliphatic rings. The van der Waals surface area contributed by atoms with Crippen LogP contribution in [0.25, 0.3) is 0 Å². The molecule has 0 saturated carbocycles. The molecule has 1 rings (SSSR count). The van der Waals surface area contributed by atoms with E-state index in [0.717, 1.165) is 5.75 Å². The first kappa shape index (κ1) is 8.21. The van der Waals surface area contributed by atoms with E-state index in [1.807, 2.05) is 24.3 Å². The van der Waals surface area contributed by atoms with Crippen molar-refractivity contribution < 1.29 is 0 Å². The van der Waals surface area contributed by atoms with E-state index in [0.29, 0.717) is 0 Å². The monoisotopic (exact) mass is 165 g/mol. The molecule has 0 amide bonds. The molecule has 1 nitrogen and oxygen atoms in total. The van der Waals surface area contributed by atoms with E-state index in [2.05, 4.69) is 12.1 Å². The van der Waals surface area contributed by atoms with Crippen molar-refractivity contribution in [2.45, 2.75) is 4.90 Å². The number of rotatable bonds is 3. The van der Waals surface area contributed by atoms with Gasteiger partial charge in [-0.1, -0.05) is 24.3 Å². The first-order chi connectivity index (χ1) is 5.43. The van der Waals surface area contributed by atoms with Crippen LogP contribution in [0.2, 0.25) is 0 Å². The summed E-state index contributed by atoms with van der Waals surface area (Å²) in [5, 5.41) is 0. The highest BCUT2D eigenvalue weighted by molar-refractivity contribution is 7.99. The van der Waals surface area contributed by atoms with Crippen molar-refractivity contribution in [1.82, 2.24) is 0 Å². The van der Waals surface area contributed by atoms with Gasteiger partial charge in [-0.05, 0) is 18.3 Å². The van der Waals surface area contributed by atoms with E-state index in [1.165, 1.54) is 4.90 Å². The summed E-state index contributed by atoms with van der Waals surface area (Å²) in [5.41, 5.74) is 5.20. The van der Waals surface area contributed by atoms with E-state index in [-0.39, 0.29) is 0 Å². The van der Waals surface area contributed by atoms with Gasteiger partial charge in [0, 0.05) is 10.6 Å². The second-order valence-electron chi connectivity index (χ2n) is 2.05. The maximum atomic E-state index is 5.20. The molecule has 0 saturated heterocycles. The third-order valence-corrected chi connectivity index (χ3v) is 2.19. The minimum absolute atomic E-state index is 0.945. The average Bonchev–Trinajstić information content (AvgIpc) is 2.07. The summed E-state index contributed by atoms with van der Waals surface area (Å²) < 4.78 is 0. The Morgan fingerprint density at radius 1 is 1.27 bits per heavy atom. The topological polar surface area (TPSA) is 26.0 Å². The van der Waals surface area contributed by atoms with Gasteiger partial charge in [0.1, 0.15) is 0 Å². The summed E-state index contributed by atoms with van der Waals surface area (Å²) in [5.74, 6) is 0.945. The number of nitrogens with two attached hydrogens (primary N) is 1. The summed E-state index contributed by atoms with van der Waals surface area (Å²) in [4.78, 5) is 1.28. The zero-order valence-corrected chi connectivity index (χ0v) is 7.05. The molecular weight excluding hydrogens is 154 g/mol. The minimum atomic E-state index is 0.945. The lowest BCUT2D eigenvalue weighted by atomic mass is 10.4. The molecule has 1 aromatic carbocycles. The molecule has 2 N–H and O–H groups in total. The van der Waals surface area contributed by atoms with Gasteiger partial charge >= 0.3 is 0 Å². The molecular formula is C9H11NS. The van der Waals surface area contributed by atoms with Gasteiger partial charge < -0.3 is 5.73 Å². The standard InChI is InChI=1S/C9H11NS/c10-7-4-8-11-9-5-2-1-3-6-9/h1-7H,8,10H2/b7-4+. The highest BCUT2D eigenvalue weighted by atomic mass is 32.2. The number of thioether (sulfide) groups is 1. The van der Waals surface area contributed by atoms with Crippen LogP contribution in [0, 0.1) is 0 Å². The predicted octanol–water partition coefficient (Wildman–Crippen LogP) is 2.25. The zero-order chi connectivity index (χ0) is 7.94. The predicted molar refractivity (Wildman–Crippen MR) is 50.5 cm³/mol. The van der Waals surface area contributed by atoms with Gasteiger partial charge in [-0.2, -0.15) is 0 Å². The fraction of sp³-hybridized carbons (Fsp3) is 0.111. The maximum absolute atomic E-state index is 5.20. The van der Waals surface area contributed by atoms with Crippen LogP contribution < -0.4 is 5.73 Å². The van der Waals surface area contributed by atoms with Gasteiger partial charge in [-0.15, -0.1) is 11.8 Å². The Morgan fingerprint density at radius 2 is 2.00 bits per heavy atom. The molecule has 0 spiro atoms. The third kappa shape index (κ3) is 3.14. The van der Waals surface area contributed by atoms with Crippen molar-refractivity contribution in [2.24, 2.45) is 5.73 Å². The summed E-state index contributed by atoms with van der Waals surface area (Å²) in [6, 6.07) is 10.3. The first-order valence-electron chi connectivity index (χ1n) is 3.48. The second kappa shape index (κ2) is 4.85. The normalized spacial score (nSPS) is 10.5. The summed E-state index contributed by atoms with van der Waals surface area (Å²) >= 11 is 1.78. The molecule has 0 radical (unpaired) electrons. The molecule has 0 aliphatic carbocycles. The van der Waals surface area contributed by atoms with E-state index < -0.39 is 0 Å². The van der Waals surface area contributed by atoms with Gasteiger partial charge in [0.15, 0.2) is 0 Å². The van der Waals surface area contributed by atoms with Crippen molar-refractivity contribution in [2.75, 3.05) is 5.75 Å². The largest absolute Gasteiger partial charge is 0.405 e. The Labute approximate surface area is 71.3 Å². The smallest absolute Gasteiger partial charge is 0.0177 e. The molecule has 11 heavy (non-hydrogen) atoms. The van der Waals surface area contributed by atoms with Crippen LogP contribution in [0.4, 0.5) is 0 Å². The van der Waals surface area contributed by atoms with Crippen LogP contribution in [-0.2, 0) is 0 Å². The van der Waals surface area contributed by atoms with Crippen LogP contribution in [-0.4, -0.2) is 5.75 Å². The molecule has 0 aromatic heterocycles. The average molecular weight is 165 g/mol. The Kier molecular flexibility index (Phi) is 3.62. The lowest BCUT2D eigenvalue weighted by Gasteiger charge is -1.94. The van der Waals surface area contributed by atoms with Crippen LogP contribution in [0.3, 0.4) is 0 Å². The molecule has 0 fully saturated rings. The lowest BCUT2D eigenvalue weighted by molar-refractivity contribution is 1.45. The minimum Gasteiger partial charge on any atom is -0.405 e. The summed E-state index contributed by atoms with van der Waals surface area (Å²) in [6.45, 7) is 0. The van der Waals surface area contributed by atoms with Gasteiger partial charge in [0.25, 0.3) is 0 Å². The Bertz CT molecular complexity index is 218. The zero-order valence-electron chi connectivity index (χ0n) is 6.23. The Balaban J connectivity index is 2.39. The van der Waals surface area contributed by atoms with Crippen molar-refractivity contribution in [3.63, 3.8) is 0 Å². The van der Waals surface area contributed by atoms with Gasteiger partial charge in [-0.3, -0.25) is 0 Å². The quantitative estimate of drug-likeness (QED) is 0.695. The SMILES string of the molecule is N/C=C/CSc1ccccc1. The maximum Gasteiger partial charge on any atom is 0.0177 e. The number of benzene rings is 1. The number of hydrogen-bond acceptors (Lipinski definition) is 2. The molecule has 0 unspecified atom stereocenters. The fourth-order valence-corrected chi connectivity index (χ4v) is 1.47. The fourth-order valence-electron chi connectivity index (χ4n) is 0.717. The lowest BCUT2D eigenvalue weighted by Crippen LogP contribution is -1.78. The van der Waals surface area contributed by atoms with E-state index in [9.17, 15) is 0 Å². The second-order valence-corrected chi connectivity index (χ2v) is 3.15. The van der Waals surface area contributed by atoms with Gasteiger partial charge in [0.05, 0.1) is 0 Å². The van der Waals surface area contributed by atoms with E-state index in [1.54, 1.807) is 18.0 Å². The van der Waals surface area contributed by atoms with Crippen molar-refractivity contribution in [3.05, 3.63) is 42.6 Å². The molecule has 0 atom stereocenters. The van der Waals surface area contributed by atoms with Gasteiger partial charge in [-0.25, -0.2) is 0 Å². The van der Waals surface area contributed by atoms with Gasteiger partial charge in [0.2, 0.25) is 0 Å². The van der Waals surface area contributed by atoms with Crippen LogP contribution in [0.15, 0.2) is 47.5 Å². The molecule has 0 heterocycles. The van der Waals surface area contributed by atoms with Crippen LogP contribution >= 0.6 is 11.8 Å². The highest BCUT2D eigenvalue weighted by Crippen LogP contribution is 2.16. The van der Waals surface area contributed by atoms with Crippen molar-refractivity contribution >= 4 is 11.8 Å². The first-order valence-corrected chi connectivity index (χ1v) is 4.46. The Hall–Kier alpha value is -0.890. The molecule has 0 aliphatic heterocycles. The molecule has 1 aromatic rings. The van der Waals surface area contributed by atoms with Crippen molar-refractivity contribution in [3.8, 4) is 0 Å². The highest BCUT2D eigenvalue weighted by Gasteiger charge is 1.86. The van der Waals surface area contributed by atoms with E-state index >= 15 is 0 Å². The molecule has 0 bridgehead atoms.